The van der Waals surface area contributed by atoms with Gasteiger partial charge in [0.05, 0.1) is 37.6 Å². The zero-order valence-corrected chi connectivity index (χ0v) is 19.8. The van der Waals surface area contributed by atoms with Gasteiger partial charge in [-0.2, -0.15) is 0 Å². The number of hydrogen-bond donors (Lipinski definition) is 1. The standard InChI is InChI=1S/C24H36FN3O5/c1-18(2)32-17-21(29)15-27(9-4-12-30-3)16-22-23(19-5-7-20(25)8-6-19)26-33-24(22)28-10-13-31-14-11-28/h5-8,18,21,29H,4,9-17H2,1-3H3/t21-/m0/s1. The number of morpholine rings is 1. The van der Waals surface area contributed by atoms with Crippen LogP contribution in [-0.4, -0.2) is 87.1 Å². The maximum Gasteiger partial charge on any atom is 0.232 e. The molecular weight excluding hydrogens is 429 g/mol. The van der Waals surface area contributed by atoms with Gasteiger partial charge in [0, 0.05) is 52.0 Å². The summed E-state index contributed by atoms with van der Waals surface area (Å²) in [5, 5.41) is 14.9. The lowest BCUT2D eigenvalue weighted by atomic mass is 10.1. The number of halogens is 1. The van der Waals surface area contributed by atoms with E-state index >= 15 is 0 Å². The van der Waals surface area contributed by atoms with Crippen LogP contribution in [0, 0.1) is 5.82 Å². The zero-order valence-electron chi connectivity index (χ0n) is 19.8. The van der Waals surface area contributed by atoms with Gasteiger partial charge >= 0.3 is 0 Å². The molecule has 184 valence electrons. The summed E-state index contributed by atoms with van der Waals surface area (Å²) >= 11 is 0. The number of rotatable bonds is 13. The summed E-state index contributed by atoms with van der Waals surface area (Å²) in [5.41, 5.74) is 2.38. The van der Waals surface area contributed by atoms with Gasteiger partial charge in [0.25, 0.3) is 0 Å². The fourth-order valence-corrected chi connectivity index (χ4v) is 3.84. The predicted octanol–water partition coefficient (Wildman–Crippen LogP) is 2.94. The van der Waals surface area contributed by atoms with Crippen molar-refractivity contribution < 1.29 is 28.2 Å². The SMILES string of the molecule is COCCCN(Cc1c(-c2ccc(F)cc2)noc1N1CCOCC1)C[C@H](O)COC(C)C. The van der Waals surface area contributed by atoms with Crippen LogP contribution in [0.1, 0.15) is 25.8 Å². The molecule has 0 saturated carbocycles. The molecular formula is C24H36FN3O5. The monoisotopic (exact) mass is 465 g/mol. The van der Waals surface area contributed by atoms with E-state index in [0.29, 0.717) is 57.6 Å². The average molecular weight is 466 g/mol. The molecule has 0 radical (unpaired) electrons. The summed E-state index contributed by atoms with van der Waals surface area (Å²) in [6.07, 6.45) is 0.242. The molecule has 1 aliphatic heterocycles. The highest BCUT2D eigenvalue weighted by atomic mass is 19.1. The minimum atomic E-state index is -0.629. The topological polar surface area (TPSA) is 80.4 Å². The minimum Gasteiger partial charge on any atom is -0.389 e. The zero-order chi connectivity index (χ0) is 23.6. The molecule has 1 aliphatic rings. The van der Waals surface area contributed by atoms with Crippen molar-refractivity contribution in [2.24, 2.45) is 0 Å². The second kappa shape index (κ2) is 13.0. The molecule has 2 aromatic rings. The Balaban J connectivity index is 1.86. The quantitative estimate of drug-likeness (QED) is 0.453. The molecule has 1 saturated heterocycles. The van der Waals surface area contributed by atoms with Crippen molar-refractivity contribution >= 4 is 5.88 Å². The van der Waals surface area contributed by atoms with Crippen LogP contribution in [0.25, 0.3) is 11.3 Å². The van der Waals surface area contributed by atoms with E-state index < -0.39 is 6.10 Å². The number of benzene rings is 1. The Labute approximate surface area is 195 Å². The van der Waals surface area contributed by atoms with E-state index in [2.05, 4.69) is 15.0 Å². The number of nitrogens with zero attached hydrogens (tertiary/aromatic N) is 3. The van der Waals surface area contributed by atoms with Crippen molar-refractivity contribution in [1.82, 2.24) is 10.1 Å². The van der Waals surface area contributed by atoms with Crippen LogP contribution in [0.4, 0.5) is 10.3 Å². The van der Waals surface area contributed by atoms with Crippen molar-refractivity contribution in [3.63, 3.8) is 0 Å². The number of hydrogen-bond acceptors (Lipinski definition) is 8. The molecule has 1 fully saturated rings. The molecule has 1 aromatic carbocycles. The van der Waals surface area contributed by atoms with E-state index in [9.17, 15) is 9.50 Å². The second-order valence-corrected chi connectivity index (χ2v) is 8.54. The third-order valence-corrected chi connectivity index (χ3v) is 5.48. The lowest BCUT2D eigenvalue weighted by Gasteiger charge is -2.29. The number of aromatic nitrogens is 1. The van der Waals surface area contributed by atoms with Crippen LogP contribution in [0.3, 0.4) is 0 Å². The molecule has 1 N–H and O–H groups in total. The van der Waals surface area contributed by atoms with E-state index in [-0.39, 0.29) is 18.5 Å². The second-order valence-electron chi connectivity index (χ2n) is 8.54. The molecule has 0 bridgehead atoms. The van der Waals surface area contributed by atoms with Crippen LogP contribution < -0.4 is 4.90 Å². The summed E-state index contributed by atoms with van der Waals surface area (Å²) in [5.74, 6) is 0.397. The molecule has 0 unspecified atom stereocenters. The largest absolute Gasteiger partial charge is 0.389 e. The Morgan fingerprint density at radius 1 is 1.21 bits per heavy atom. The summed E-state index contributed by atoms with van der Waals surface area (Å²) < 4.78 is 35.7. The number of anilines is 1. The van der Waals surface area contributed by atoms with E-state index in [1.54, 1.807) is 19.2 Å². The Hall–Kier alpha value is -2.04. The molecule has 8 nitrogen and oxygen atoms in total. The normalized spacial score (nSPS) is 15.5. The first-order chi connectivity index (χ1) is 16.0. The molecule has 1 atom stereocenters. The Bertz CT molecular complexity index is 824. The van der Waals surface area contributed by atoms with Crippen molar-refractivity contribution in [2.45, 2.75) is 39.0 Å². The fourth-order valence-electron chi connectivity index (χ4n) is 3.84. The third-order valence-electron chi connectivity index (χ3n) is 5.48. The van der Waals surface area contributed by atoms with Gasteiger partial charge in [0.2, 0.25) is 5.88 Å². The number of methoxy groups -OCH3 is 1. The molecule has 33 heavy (non-hydrogen) atoms. The summed E-state index contributed by atoms with van der Waals surface area (Å²) in [6, 6.07) is 6.26. The summed E-state index contributed by atoms with van der Waals surface area (Å²) in [7, 11) is 1.68. The van der Waals surface area contributed by atoms with Crippen LogP contribution in [0.15, 0.2) is 28.8 Å². The molecule has 2 heterocycles. The van der Waals surface area contributed by atoms with Crippen molar-refractivity contribution in [3.05, 3.63) is 35.6 Å². The highest BCUT2D eigenvalue weighted by Gasteiger charge is 2.26. The highest BCUT2D eigenvalue weighted by Crippen LogP contribution is 2.33. The van der Waals surface area contributed by atoms with Gasteiger partial charge in [-0.25, -0.2) is 4.39 Å². The number of ether oxygens (including phenoxy) is 3. The number of aliphatic hydroxyl groups excluding tert-OH is 1. The average Bonchev–Trinajstić information content (AvgIpc) is 3.22. The van der Waals surface area contributed by atoms with E-state index in [1.165, 1.54) is 12.1 Å². The smallest absolute Gasteiger partial charge is 0.232 e. The molecule has 9 heteroatoms. The number of aliphatic hydroxyl groups is 1. The first kappa shape index (κ1) is 25.6. The van der Waals surface area contributed by atoms with E-state index in [1.807, 2.05) is 13.8 Å². The van der Waals surface area contributed by atoms with Gasteiger partial charge in [0.1, 0.15) is 11.5 Å². The maximum atomic E-state index is 13.5. The molecule has 1 aromatic heterocycles. The van der Waals surface area contributed by atoms with Gasteiger partial charge in [0.15, 0.2) is 0 Å². The van der Waals surface area contributed by atoms with Gasteiger partial charge in [-0.05, 0) is 44.5 Å². The first-order valence-corrected chi connectivity index (χ1v) is 11.6. The van der Waals surface area contributed by atoms with Crippen LogP contribution in [-0.2, 0) is 20.8 Å². The van der Waals surface area contributed by atoms with Gasteiger partial charge in [-0.15, -0.1) is 0 Å². The van der Waals surface area contributed by atoms with Crippen molar-refractivity contribution in [2.75, 3.05) is 64.6 Å². The highest BCUT2D eigenvalue weighted by molar-refractivity contribution is 5.68. The van der Waals surface area contributed by atoms with Gasteiger partial charge in [-0.3, -0.25) is 4.90 Å². The molecule has 3 rings (SSSR count). The fraction of sp³-hybridized carbons (Fsp3) is 0.625. The van der Waals surface area contributed by atoms with E-state index in [0.717, 1.165) is 24.1 Å². The lowest BCUT2D eigenvalue weighted by molar-refractivity contribution is -0.0103. The maximum absolute atomic E-state index is 13.5. The third kappa shape index (κ3) is 7.75. The first-order valence-electron chi connectivity index (χ1n) is 11.6. The van der Waals surface area contributed by atoms with Crippen molar-refractivity contribution in [1.29, 1.82) is 0 Å². The van der Waals surface area contributed by atoms with Crippen molar-refractivity contribution in [3.8, 4) is 11.3 Å². The minimum absolute atomic E-state index is 0.0534. The van der Waals surface area contributed by atoms with Crippen LogP contribution in [0.5, 0.6) is 0 Å². The van der Waals surface area contributed by atoms with Gasteiger partial charge < -0.3 is 28.7 Å². The Kier molecular flexibility index (Phi) is 10.1. The van der Waals surface area contributed by atoms with Crippen LogP contribution >= 0.6 is 0 Å². The summed E-state index contributed by atoms with van der Waals surface area (Å²) in [6.45, 7) is 9.13. The van der Waals surface area contributed by atoms with Gasteiger partial charge in [-0.1, -0.05) is 5.16 Å². The lowest BCUT2D eigenvalue weighted by Crippen LogP contribution is -2.38. The molecule has 0 aliphatic carbocycles. The molecule has 0 spiro atoms. The van der Waals surface area contributed by atoms with E-state index in [4.69, 9.17) is 18.7 Å². The Morgan fingerprint density at radius 2 is 1.94 bits per heavy atom. The molecule has 0 amide bonds. The predicted molar refractivity (Wildman–Crippen MR) is 124 cm³/mol. The Morgan fingerprint density at radius 3 is 2.61 bits per heavy atom. The van der Waals surface area contributed by atoms with Crippen LogP contribution in [0.2, 0.25) is 0 Å². The summed E-state index contributed by atoms with van der Waals surface area (Å²) in [4.78, 5) is 4.29.